The number of carbonyl (C=O) groups is 1. The van der Waals surface area contributed by atoms with E-state index in [-0.39, 0.29) is 30.1 Å². The van der Waals surface area contributed by atoms with Gasteiger partial charge >= 0.3 is 0 Å². The highest BCUT2D eigenvalue weighted by Gasteiger charge is 2.54. The number of nitrogens with zero attached hydrogens (tertiary/aromatic N) is 2. The number of hydrogen-bond acceptors (Lipinski definition) is 4. The van der Waals surface area contributed by atoms with Crippen LogP contribution in [0.5, 0.6) is 0 Å². The average molecular weight is 254 g/mol. The lowest BCUT2D eigenvalue weighted by atomic mass is 9.78. The van der Waals surface area contributed by atoms with Crippen LogP contribution in [-0.4, -0.2) is 70.9 Å². The summed E-state index contributed by atoms with van der Waals surface area (Å²) in [4.78, 5) is 16.3. The Bertz CT molecular complexity index is 348. The van der Waals surface area contributed by atoms with Crippen molar-refractivity contribution in [3.8, 4) is 0 Å². The molecule has 5 nitrogen and oxygen atoms in total. The Morgan fingerprint density at radius 1 is 1.39 bits per heavy atom. The van der Waals surface area contributed by atoms with Gasteiger partial charge in [0.2, 0.25) is 5.91 Å². The summed E-state index contributed by atoms with van der Waals surface area (Å²) in [6.45, 7) is 2.77. The average Bonchev–Trinajstić information content (AvgIpc) is 2.59. The van der Waals surface area contributed by atoms with Gasteiger partial charge < -0.3 is 15.1 Å². The first-order chi connectivity index (χ1) is 8.54. The molecule has 0 aromatic heterocycles. The number of amides is 1. The largest absolute Gasteiger partial charge is 0.396 e. The van der Waals surface area contributed by atoms with Crippen LogP contribution in [0.2, 0.25) is 0 Å². The van der Waals surface area contributed by atoms with E-state index in [0.717, 1.165) is 26.1 Å². The molecule has 2 aliphatic heterocycles. The first-order valence-electron chi connectivity index (χ1n) is 6.83. The summed E-state index contributed by atoms with van der Waals surface area (Å²) in [5.41, 5.74) is 0.116. The van der Waals surface area contributed by atoms with Crippen molar-refractivity contribution in [3.63, 3.8) is 0 Å². The molecule has 102 valence electrons. The molecule has 1 saturated carbocycles. The van der Waals surface area contributed by atoms with E-state index in [0.29, 0.717) is 18.8 Å². The van der Waals surface area contributed by atoms with Gasteiger partial charge in [0.25, 0.3) is 0 Å². The molecule has 2 saturated heterocycles. The van der Waals surface area contributed by atoms with E-state index in [1.54, 1.807) is 0 Å². The lowest BCUT2D eigenvalue weighted by Gasteiger charge is -2.53. The Morgan fingerprint density at radius 3 is 2.56 bits per heavy atom. The SMILES string of the molecule is CN1C[C@H](CO)CC12CN(C(=O)C1CC(O)C1)C2. The van der Waals surface area contributed by atoms with Gasteiger partial charge in [0.1, 0.15) is 0 Å². The first kappa shape index (κ1) is 12.4. The van der Waals surface area contributed by atoms with Gasteiger partial charge in [0, 0.05) is 32.2 Å². The first-order valence-corrected chi connectivity index (χ1v) is 6.83. The Morgan fingerprint density at radius 2 is 2.06 bits per heavy atom. The summed E-state index contributed by atoms with van der Waals surface area (Å²) in [7, 11) is 2.09. The zero-order valence-electron chi connectivity index (χ0n) is 10.9. The smallest absolute Gasteiger partial charge is 0.226 e. The zero-order valence-corrected chi connectivity index (χ0v) is 10.9. The maximum Gasteiger partial charge on any atom is 0.226 e. The number of aliphatic hydroxyl groups is 2. The number of rotatable bonds is 2. The molecule has 0 aromatic rings. The fourth-order valence-electron chi connectivity index (χ4n) is 3.70. The zero-order chi connectivity index (χ0) is 12.9. The molecular weight excluding hydrogens is 232 g/mol. The molecule has 18 heavy (non-hydrogen) atoms. The highest BCUT2D eigenvalue weighted by atomic mass is 16.3. The molecule has 0 aromatic carbocycles. The van der Waals surface area contributed by atoms with Gasteiger partial charge in [0.15, 0.2) is 0 Å². The van der Waals surface area contributed by atoms with Crippen LogP contribution < -0.4 is 0 Å². The Balaban J connectivity index is 1.55. The van der Waals surface area contributed by atoms with Crippen LogP contribution in [0.1, 0.15) is 19.3 Å². The quantitative estimate of drug-likeness (QED) is 0.683. The number of likely N-dealkylation sites (tertiary alicyclic amines) is 2. The minimum Gasteiger partial charge on any atom is -0.396 e. The molecule has 1 amide bonds. The van der Waals surface area contributed by atoms with Crippen molar-refractivity contribution in [2.24, 2.45) is 11.8 Å². The second-order valence-corrected chi connectivity index (χ2v) is 6.37. The molecule has 2 heterocycles. The van der Waals surface area contributed by atoms with E-state index in [1.807, 2.05) is 4.90 Å². The topological polar surface area (TPSA) is 64.0 Å². The van der Waals surface area contributed by atoms with E-state index in [1.165, 1.54) is 0 Å². The summed E-state index contributed by atoms with van der Waals surface area (Å²) >= 11 is 0. The molecule has 0 unspecified atom stereocenters. The van der Waals surface area contributed by atoms with Crippen LogP contribution in [-0.2, 0) is 4.79 Å². The van der Waals surface area contributed by atoms with Gasteiger partial charge in [-0.2, -0.15) is 0 Å². The fourth-order valence-corrected chi connectivity index (χ4v) is 3.70. The molecular formula is C13H22N2O3. The minimum absolute atomic E-state index is 0.0534. The van der Waals surface area contributed by atoms with Crippen molar-refractivity contribution in [3.05, 3.63) is 0 Å². The third-order valence-corrected chi connectivity index (χ3v) is 5.01. The maximum atomic E-state index is 12.1. The molecule has 0 bridgehead atoms. The molecule has 5 heteroatoms. The number of aliphatic hydroxyl groups excluding tert-OH is 2. The van der Waals surface area contributed by atoms with Crippen molar-refractivity contribution in [2.75, 3.05) is 33.3 Å². The Kier molecular flexibility index (Phi) is 2.88. The molecule has 0 radical (unpaired) electrons. The highest BCUT2D eigenvalue weighted by molar-refractivity contribution is 5.81. The standard InChI is InChI=1S/C13H22N2O3/c1-14-5-9(6-16)4-13(14)7-15(8-13)12(18)10-2-11(17)3-10/h9-11,16-17H,2-8H2,1H3/t9-,10?,11?/m1/s1. The number of carbonyl (C=O) groups excluding carboxylic acids is 1. The minimum atomic E-state index is -0.262. The monoisotopic (exact) mass is 254 g/mol. The van der Waals surface area contributed by atoms with Gasteiger partial charge in [-0.1, -0.05) is 0 Å². The summed E-state index contributed by atoms with van der Waals surface area (Å²) < 4.78 is 0. The summed E-state index contributed by atoms with van der Waals surface area (Å²) in [6, 6.07) is 0. The molecule has 1 spiro atoms. The summed E-state index contributed by atoms with van der Waals surface area (Å²) in [5, 5.41) is 18.5. The summed E-state index contributed by atoms with van der Waals surface area (Å²) in [5.74, 6) is 0.627. The van der Waals surface area contributed by atoms with E-state index in [9.17, 15) is 15.0 Å². The van der Waals surface area contributed by atoms with E-state index in [2.05, 4.69) is 11.9 Å². The van der Waals surface area contributed by atoms with Crippen LogP contribution in [0, 0.1) is 11.8 Å². The Labute approximate surface area is 107 Å². The Hall–Kier alpha value is -0.650. The second-order valence-electron chi connectivity index (χ2n) is 6.37. The van der Waals surface area contributed by atoms with Crippen LogP contribution in [0.3, 0.4) is 0 Å². The second kappa shape index (κ2) is 4.18. The van der Waals surface area contributed by atoms with E-state index >= 15 is 0 Å². The van der Waals surface area contributed by atoms with Crippen molar-refractivity contribution < 1.29 is 15.0 Å². The van der Waals surface area contributed by atoms with Crippen LogP contribution >= 0.6 is 0 Å². The third kappa shape index (κ3) is 1.76. The fraction of sp³-hybridized carbons (Fsp3) is 0.923. The van der Waals surface area contributed by atoms with Crippen molar-refractivity contribution in [2.45, 2.75) is 30.9 Å². The number of likely N-dealkylation sites (N-methyl/N-ethyl adjacent to an activating group) is 1. The molecule has 1 aliphatic carbocycles. The van der Waals surface area contributed by atoms with Crippen molar-refractivity contribution in [1.29, 1.82) is 0 Å². The molecule has 3 fully saturated rings. The van der Waals surface area contributed by atoms with Crippen molar-refractivity contribution in [1.82, 2.24) is 9.80 Å². The van der Waals surface area contributed by atoms with Crippen LogP contribution in [0.15, 0.2) is 0 Å². The third-order valence-electron chi connectivity index (χ3n) is 5.01. The van der Waals surface area contributed by atoms with E-state index in [4.69, 9.17) is 0 Å². The van der Waals surface area contributed by atoms with Crippen LogP contribution in [0.25, 0.3) is 0 Å². The van der Waals surface area contributed by atoms with Crippen molar-refractivity contribution >= 4 is 5.91 Å². The normalized spacial score (nSPS) is 38.6. The van der Waals surface area contributed by atoms with Crippen LogP contribution in [0.4, 0.5) is 0 Å². The molecule has 3 rings (SSSR count). The highest BCUT2D eigenvalue weighted by Crippen LogP contribution is 2.41. The van der Waals surface area contributed by atoms with Gasteiger partial charge in [-0.25, -0.2) is 0 Å². The predicted octanol–water partition coefficient (Wildman–Crippen LogP) is -0.718. The van der Waals surface area contributed by atoms with Gasteiger partial charge in [-0.3, -0.25) is 9.69 Å². The summed E-state index contributed by atoms with van der Waals surface area (Å²) in [6.07, 6.45) is 2.01. The maximum absolute atomic E-state index is 12.1. The lowest BCUT2D eigenvalue weighted by molar-refractivity contribution is -0.154. The van der Waals surface area contributed by atoms with Gasteiger partial charge in [0.05, 0.1) is 11.6 Å². The molecule has 1 atom stereocenters. The van der Waals surface area contributed by atoms with Gasteiger partial charge in [-0.05, 0) is 32.2 Å². The predicted molar refractivity (Wildman–Crippen MR) is 65.9 cm³/mol. The van der Waals surface area contributed by atoms with E-state index < -0.39 is 0 Å². The lowest BCUT2D eigenvalue weighted by Crippen LogP contribution is -2.69. The molecule has 3 aliphatic rings. The number of hydrogen-bond donors (Lipinski definition) is 2. The molecule has 2 N–H and O–H groups in total. The van der Waals surface area contributed by atoms with Gasteiger partial charge in [-0.15, -0.1) is 0 Å².